The molecule has 4 rings (SSSR count). The molecule has 0 aromatic heterocycles. The molecule has 0 bridgehead atoms. The minimum atomic E-state index is -1.01. The van der Waals surface area contributed by atoms with E-state index in [2.05, 4.69) is 13.0 Å². The van der Waals surface area contributed by atoms with Crippen LogP contribution in [0.1, 0.15) is 83.1 Å². The van der Waals surface area contributed by atoms with E-state index in [0.29, 0.717) is 22.6 Å². The number of hydrogen-bond acceptors (Lipinski definition) is 1. The van der Waals surface area contributed by atoms with Gasteiger partial charge in [0.1, 0.15) is 12.4 Å². The number of ether oxygens (including phenoxy) is 1. The van der Waals surface area contributed by atoms with Crippen molar-refractivity contribution in [3.63, 3.8) is 0 Å². The lowest BCUT2D eigenvalue weighted by molar-refractivity contribution is 0.302. The third-order valence-corrected chi connectivity index (χ3v) is 7.82. The van der Waals surface area contributed by atoms with Gasteiger partial charge in [0, 0.05) is 11.1 Å². The summed E-state index contributed by atoms with van der Waals surface area (Å²) in [6.45, 7) is 4.41. The molecular weight excluding hydrogens is 481 g/mol. The fourth-order valence-corrected chi connectivity index (χ4v) is 5.55. The van der Waals surface area contributed by atoms with E-state index < -0.39 is 11.6 Å². The summed E-state index contributed by atoms with van der Waals surface area (Å²) in [5.74, 6) is -1.06. The van der Waals surface area contributed by atoms with Gasteiger partial charge in [-0.05, 0) is 78.8 Å². The Morgan fingerprint density at radius 3 is 2.11 bits per heavy atom. The Labute approximate surface area is 225 Å². The smallest absolute Gasteiger partial charge is 0.201 e. The van der Waals surface area contributed by atoms with Gasteiger partial charge in [0.05, 0.1) is 0 Å². The van der Waals surface area contributed by atoms with Crippen molar-refractivity contribution >= 4 is 0 Å². The predicted molar refractivity (Wildman–Crippen MR) is 151 cm³/mol. The maximum atomic E-state index is 15.2. The molecule has 0 N–H and O–H groups in total. The topological polar surface area (TPSA) is 9.23 Å². The van der Waals surface area contributed by atoms with Gasteiger partial charge in [-0.25, -0.2) is 8.78 Å². The van der Waals surface area contributed by atoms with Crippen molar-refractivity contribution in [2.45, 2.75) is 77.6 Å². The minimum absolute atomic E-state index is 0.115. The Kier molecular flexibility index (Phi) is 10.1. The summed E-state index contributed by atoms with van der Waals surface area (Å²) < 4.78 is 49.9. The van der Waals surface area contributed by atoms with E-state index in [9.17, 15) is 8.78 Å². The van der Waals surface area contributed by atoms with Gasteiger partial charge in [-0.3, -0.25) is 0 Å². The van der Waals surface area contributed by atoms with Crippen LogP contribution in [-0.2, 0) is 0 Å². The first-order chi connectivity index (χ1) is 18.5. The molecule has 1 aliphatic rings. The van der Waals surface area contributed by atoms with E-state index in [0.717, 1.165) is 30.7 Å². The van der Waals surface area contributed by atoms with Crippen LogP contribution in [0.25, 0.3) is 22.3 Å². The summed E-state index contributed by atoms with van der Waals surface area (Å²) in [5, 5.41) is 0. The highest BCUT2D eigenvalue weighted by molar-refractivity contribution is 5.71. The van der Waals surface area contributed by atoms with Crippen molar-refractivity contribution in [1.29, 1.82) is 0 Å². The zero-order chi connectivity index (χ0) is 26.9. The van der Waals surface area contributed by atoms with Crippen LogP contribution in [0.15, 0.2) is 66.7 Å². The number of rotatable bonds is 11. The van der Waals surface area contributed by atoms with E-state index in [4.69, 9.17) is 4.74 Å². The summed E-state index contributed by atoms with van der Waals surface area (Å²) in [6, 6.07) is 15.5. The standard InChI is InChI=1S/C34H39F3O/c1-3-5-7-9-24-10-12-25(13-11-24)28-18-19-29(31(35)23-28)26-14-16-27(17-15-26)30-20-21-32(34(37)33(30)36)38-22-8-6-4-2/h6,8,14-21,23-25H,3-5,7,9-13,22H2,1-2H3/b8-6+. The molecule has 1 nitrogen and oxygen atoms in total. The molecule has 0 radical (unpaired) electrons. The molecule has 1 fully saturated rings. The molecule has 0 amide bonds. The molecule has 202 valence electrons. The second kappa shape index (κ2) is 13.7. The molecule has 0 heterocycles. The fraction of sp³-hybridized carbons (Fsp3) is 0.412. The number of benzene rings is 3. The molecule has 1 aliphatic carbocycles. The first-order valence-electron chi connectivity index (χ1n) is 14.2. The van der Waals surface area contributed by atoms with Crippen LogP contribution in [0.3, 0.4) is 0 Å². The second-order valence-corrected chi connectivity index (χ2v) is 10.5. The maximum absolute atomic E-state index is 15.2. The molecule has 4 heteroatoms. The van der Waals surface area contributed by atoms with Crippen molar-refractivity contribution in [3.05, 3.63) is 89.8 Å². The molecular formula is C34H39F3O. The summed E-state index contributed by atoms with van der Waals surface area (Å²) in [7, 11) is 0. The molecule has 1 saturated carbocycles. The molecule has 0 saturated heterocycles. The highest BCUT2D eigenvalue weighted by atomic mass is 19.2. The van der Waals surface area contributed by atoms with Gasteiger partial charge in [-0.2, -0.15) is 4.39 Å². The Balaban J connectivity index is 1.42. The normalized spacial score (nSPS) is 17.7. The third kappa shape index (κ3) is 6.89. The average molecular weight is 521 g/mol. The van der Waals surface area contributed by atoms with Crippen LogP contribution in [0, 0.1) is 23.4 Å². The largest absolute Gasteiger partial charge is 0.486 e. The van der Waals surface area contributed by atoms with Crippen molar-refractivity contribution in [3.8, 4) is 28.0 Å². The van der Waals surface area contributed by atoms with E-state index in [1.165, 1.54) is 50.7 Å². The number of unbranched alkanes of at least 4 members (excludes halogenated alkanes) is 2. The summed E-state index contributed by atoms with van der Waals surface area (Å²) in [6.07, 6.45) is 14.5. The molecule has 3 aromatic carbocycles. The Bertz CT molecular complexity index is 1210. The highest BCUT2D eigenvalue weighted by Crippen LogP contribution is 2.39. The van der Waals surface area contributed by atoms with Gasteiger partial charge in [0.2, 0.25) is 5.82 Å². The van der Waals surface area contributed by atoms with E-state index in [-0.39, 0.29) is 23.7 Å². The molecule has 38 heavy (non-hydrogen) atoms. The molecule has 0 aliphatic heterocycles. The maximum Gasteiger partial charge on any atom is 0.201 e. The van der Waals surface area contributed by atoms with Crippen LogP contribution in [-0.4, -0.2) is 6.61 Å². The van der Waals surface area contributed by atoms with Crippen LogP contribution < -0.4 is 4.74 Å². The first kappa shape index (κ1) is 28.0. The Hall–Kier alpha value is -3.01. The van der Waals surface area contributed by atoms with Crippen LogP contribution >= 0.6 is 0 Å². The quantitative estimate of drug-likeness (QED) is 0.180. The van der Waals surface area contributed by atoms with Gasteiger partial charge in [0.25, 0.3) is 0 Å². The number of halogens is 3. The lowest BCUT2D eigenvalue weighted by Crippen LogP contribution is -2.13. The molecule has 3 aromatic rings. The van der Waals surface area contributed by atoms with Gasteiger partial charge >= 0.3 is 0 Å². The lowest BCUT2D eigenvalue weighted by atomic mass is 9.77. The van der Waals surface area contributed by atoms with Crippen LogP contribution in [0.4, 0.5) is 13.2 Å². The summed E-state index contributed by atoms with van der Waals surface area (Å²) in [5.41, 5.74) is 2.98. The van der Waals surface area contributed by atoms with Gasteiger partial charge in [-0.1, -0.05) is 88.1 Å². The van der Waals surface area contributed by atoms with Crippen molar-refractivity contribution in [2.24, 2.45) is 5.92 Å². The lowest BCUT2D eigenvalue weighted by Gasteiger charge is -2.29. The van der Waals surface area contributed by atoms with Crippen LogP contribution in [0.2, 0.25) is 0 Å². The van der Waals surface area contributed by atoms with E-state index >= 15 is 4.39 Å². The van der Waals surface area contributed by atoms with E-state index in [1.54, 1.807) is 36.4 Å². The molecule has 0 spiro atoms. The van der Waals surface area contributed by atoms with Gasteiger partial charge in [-0.15, -0.1) is 0 Å². The van der Waals surface area contributed by atoms with Gasteiger partial charge in [0.15, 0.2) is 11.6 Å². The molecule has 0 atom stereocenters. The highest BCUT2D eigenvalue weighted by Gasteiger charge is 2.23. The zero-order valence-corrected chi connectivity index (χ0v) is 22.6. The first-order valence-corrected chi connectivity index (χ1v) is 14.2. The van der Waals surface area contributed by atoms with Crippen molar-refractivity contribution in [2.75, 3.05) is 6.61 Å². The van der Waals surface area contributed by atoms with Crippen LogP contribution in [0.5, 0.6) is 5.75 Å². The zero-order valence-electron chi connectivity index (χ0n) is 22.6. The summed E-state index contributed by atoms with van der Waals surface area (Å²) >= 11 is 0. The SMILES string of the molecule is CC/C=C/COc1ccc(-c2ccc(-c3ccc(C4CCC(CCCCC)CC4)cc3F)cc2)c(F)c1F. The second-order valence-electron chi connectivity index (χ2n) is 10.5. The Morgan fingerprint density at radius 2 is 1.45 bits per heavy atom. The van der Waals surface area contributed by atoms with E-state index in [1.807, 2.05) is 19.1 Å². The monoisotopic (exact) mass is 520 g/mol. The molecule has 0 unspecified atom stereocenters. The number of hydrogen-bond donors (Lipinski definition) is 0. The van der Waals surface area contributed by atoms with Gasteiger partial charge < -0.3 is 4.74 Å². The predicted octanol–water partition coefficient (Wildman–Crippen LogP) is 10.6. The van der Waals surface area contributed by atoms with Crippen molar-refractivity contribution < 1.29 is 17.9 Å². The number of allylic oxidation sites excluding steroid dienone is 1. The average Bonchev–Trinajstić information content (AvgIpc) is 2.94. The summed E-state index contributed by atoms with van der Waals surface area (Å²) in [4.78, 5) is 0. The Morgan fingerprint density at radius 1 is 0.763 bits per heavy atom. The minimum Gasteiger partial charge on any atom is -0.486 e. The van der Waals surface area contributed by atoms with Crippen molar-refractivity contribution in [1.82, 2.24) is 0 Å². The fourth-order valence-electron chi connectivity index (χ4n) is 5.55. The third-order valence-electron chi connectivity index (χ3n) is 7.82.